The molecule has 1 atom stereocenters. The first-order valence-corrected chi connectivity index (χ1v) is 11.0. The van der Waals surface area contributed by atoms with Crippen LogP contribution in [-0.4, -0.2) is 34.9 Å². The lowest BCUT2D eigenvalue weighted by Gasteiger charge is -2.16. The largest absolute Gasteiger partial charge is 0.349 e. The van der Waals surface area contributed by atoms with Crippen molar-refractivity contribution in [2.75, 3.05) is 23.7 Å². The van der Waals surface area contributed by atoms with E-state index in [0.29, 0.717) is 5.75 Å². The molecule has 0 spiro atoms. The molecule has 3 aromatic rings. The average molecular weight is 399 g/mol. The highest BCUT2D eigenvalue weighted by atomic mass is 32.2. The number of thioether (sulfide) groups is 1. The van der Waals surface area contributed by atoms with Crippen LogP contribution in [0.15, 0.2) is 46.8 Å². The van der Waals surface area contributed by atoms with Crippen molar-refractivity contribution in [3.8, 4) is 0 Å². The Morgan fingerprint density at radius 1 is 1.19 bits per heavy atom. The van der Waals surface area contributed by atoms with E-state index in [1.165, 1.54) is 35.4 Å². The molecule has 140 valence electrons. The van der Waals surface area contributed by atoms with Crippen molar-refractivity contribution in [1.29, 1.82) is 0 Å². The van der Waals surface area contributed by atoms with Gasteiger partial charge in [0, 0.05) is 13.1 Å². The summed E-state index contributed by atoms with van der Waals surface area (Å²) in [7, 11) is 0. The molecule has 4 rings (SSSR count). The molecule has 1 fully saturated rings. The summed E-state index contributed by atoms with van der Waals surface area (Å²) in [4.78, 5) is 14.7. The van der Waals surface area contributed by atoms with Crippen molar-refractivity contribution in [2.45, 2.75) is 30.1 Å². The zero-order chi connectivity index (χ0) is 18.6. The molecule has 5 nitrogen and oxygen atoms in total. The lowest BCUT2D eigenvalue weighted by Crippen LogP contribution is -2.28. The number of benzene rings is 2. The molecule has 1 N–H and O–H groups in total. The Morgan fingerprint density at radius 3 is 2.81 bits per heavy atom. The van der Waals surface area contributed by atoms with Gasteiger partial charge in [0.2, 0.25) is 11.0 Å². The molecule has 0 bridgehead atoms. The molecule has 0 aliphatic carbocycles. The third-order valence-corrected chi connectivity index (χ3v) is 6.88. The summed E-state index contributed by atoms with van der Waals surface area (Å²) < 4.78 is 0.852. The normalized spacial score (nSPS) is 15.2. The van der Waals surface area contributed by atoms with Gasteiger partial charge in [0.05, 0.1) is 11.8 Å². The summed E-state index contributed by atoms with van der Waals surface area (Å²) in [6.07, 6.45) is 2.44. The third-order valence-electron chi connectivity index (χ3n) is 4.77. The van der Waals surface area contributed by atoms with E-state index in [4.69, 9.17) is 0 Å². The monoisotopic (exact) mass is 398 g/mol. The third kappa shape index (κ3) is 4.25. The number of carbonyl (C=O) groups excluding carboxylic acids is 1. The van der Waals surface area contributed by atoms with Crippen molar-refractivity contribution < 1.29 is 4.79 Å². The second-order valence-electron chi connectivity index (χ2n) is 6.69. The molecule has 2 aromatic carbocycles. The van der Waals surface area contributed by atoms with Gasteiger partial charge in [0.1, 0.15) is 0 Å². The predicted molar refractivity (Wildman–Crippen MR) is 113 cm³/mol. The fourth-order valence-electron chi connectivity index (χ4n) is 3.41. The topological polar surface area (TPSA) is 58.1 Å². The number of hydrogen-bond donors (Lipinski definition) is 1. The van der Waals surface area contributed by atoms with Crippen molar-refractivity contribution in [1.82, 2.24) is 15.5 Å². The molecule has 1 amide bonds. The number of rotatable bonds is 6. The molecule has 0 radical (unpaired) electrons. The highest BCUT2D eigenvalue weighted by Gasteiger charge is 2.18. The zero-order valence-electron chi connectivity index (χ0n) is 15.2. The molecule has 1 unspecified atom stereocenters. The van der Waals surface area contributed by atoms with Gasteiger partial charge < -0.3 is 10.2 Å². The molecular formula is C20H22N4OS2. The standard InChI is InChI=1S/C20H22N4OS2/c1-14(16-10-6-8-15-7-2-3-9-17(15)16)21-18(25)13-26-20-23-22-19(27-20)24-11-4-5-12-24/h2-3,6-10,14H,4-5,11-13H2,1H3,(H,21,25). The Labute approximate surface area is 167 Å². The maximum atomic E-state index is 12.4. The van der Waals surface area contributed by atoms with Gasteiger partial charge in [-0.3, -0.25) is 4.79 Å². The van der Waals surface area contributed by atoms with Gasteiger partial charge in [-0.25, -0.2) is 0 Å². The van der Waals surface area contributed by atoms with Crippen LogP contribution in [0.4, 0.5) is 5.13 Å². The van der Waals surface area contributed by atoms with Crippen molar-refractivity contribution >= 4 is 44.9 Å². The maximum absolute atomic E-state index is 12.4. The van der Waals surface area contributed by atoms with E-state index in [1.807, 2.05) is 25.1 Å². The fourth-order valence-corrected chi connectivity index (χ4v) is 5.12. The molecule has 1 aliphatic rings. The summed E-state index contributed by atoms with van der Waals surface area (Å²) in [5, 5.41) is 14.9. The fraction of sp³-hybridized carbons (Fsp3) is 0.350. The van der Waals surface area contributed by atoms with Gasteiger partial charge in [-0.15, -0.1) is 10.2 Å². The van der Waals surface area contributed by atoms with Crippen LogP contribution in [0.2, 0.25) is 0 Å². The molecule has 1 aliphatic heterocycles. The number of hydrogen-bond acceptors (Lipinski definition) is 6. The van der Waals surface area contributed by atoms with Gasteiger partial charge in [-0.2, -0.15) is 0 Å². The summed E-state index contributed by atoms with van der Waals surface area (Å²) in [6, 6.07) is 14.4. The lowest BCUT2D eigenvalue weighted by atomic mass is 10.00. The summed E-state index contributed by atoms with van der Waals surface area (Å²) in [5.41, 5.74) is 1.14. The van der Waals surface area contributed by atoms with E-state index in [0.717, 1.165) is 28.1 Å². The second kappa shape index (κ2) is 8.27. The number of fused-ring (bicyclic) bond motifs is 1. The van der Waals surface area contributed by atoms with Crippen LogP contribution in [-0.2, 0) is 4.79 Å². The smallest absolute Gasteiger partial charge is 0.230 e. The van der Waals surface area contributed by atoms with Crippen LogP contribution in [0.3, 0.4) is 0 Å². The zero-order valence-corrected chi connectivity index (χ0v) is 16.9. The number of aromatic nitrogens is 2. The summed E-state index contributed by atoms with van der Waals surface area (Å²) in [6.45, 7) is 4.14. The minimum Gasteiger partial charge on any atom is -0.349 e. The summed E-state index contributed by atoms with van der Waals surface area (Å²) >= 11 is 3.03. The number of anilines is 1. The minimum absolute atomic E-state index is 0.0124. The Kier molecular flexibility index (Phi) is 5.59. The molecule has 7 heteroatoms. The Morgan fingerprint density at radius 2 is 1.96 bits per heavy atom. The van der Waals surface area contributed by atoms with Crippen molar-refractivity contribution in [2.24, 2.45) is 0 Å². The number of nitrogens with zero attached hydrogens (tertiary/aromatic N) is 3. The van der Waals surface area contributed by atoms with Gasteiger partial charge in [0.15, 0.2) is 4.34 Å². The maximum Gasteiger partial charge on any atom is 0.230 e. The van der Waals surface area contributed by atoms with E-state index in [2.05, 4.69) is 44.7 Å². The Bertz CT molecular complexity index is 931. The van der Waals surface area contributed by atoms with Gasteiger partial charge in [-0.05, 0) is 36.1 Å². The molecule has 1 saturated heterocycles. The van der Waals surface area contributed by atoms with Gasteiger partial charge in [0.25, 0.3) is 0 Å². The first-order valence-electron chi connectivity index (χ1n) is 9.19. The molecular weight excluding hydrogens is 376 g/mol. The minimum atomic E-state index is -0.0428. The number of carbonyl (C=O) groups is 1. The molecule has 0 saturated carbocycles. The van der Waals surface area contributed by atoms with Crippen LogP contribution in [0.5, 0.6) is 0 Å². The van der Waals surface area contributed by atoms with E-state index in [9.17, 15) is 4.79 Å². The van der Waals surface area contributed by atoms with Crippen molar-refractivity contribution in [3.63, 3.8) is 0 Å². The highest BCUT2D eigenvalue weighted by Crippen LogP contribution is 2.30. The second-order valence-corrected chi connectivity index (χ2v) is 8.87. The van der Waals surface area contributed by atoms with Crippen LogP contribution in [0, 0.1) is 0 Å². The van der Waals surface area contributed by atoms with E-state index < -0.39 is 0 Å². The van der Waals surface area contributed by atoms with Crippen LogP contribution in [0.1, 0.15) is 31.4 Å². The number of amides is 1. The first kappa shape index (κ1) is 18.3. The van der Waals surface area contributed by atoms with Gasteiger partial charge >= 0.3 is 0 Å². The predicted octanol–water partition coefficient (Wildman–Crippen LogP) is 4.26. The Hall–Kier alpha value is -2.12. The number of nitrogens with one attached hydrogen (secondary N) is 1. The van der Waals surface area contributed by atoms with Crippen LogP contribution < -0.4 is 10.2 Å². The van der Waals surface area contributed by atoms with E-state index in [-0.39, 0.29) is 11.9 Å². The molecule has 27 heavy (non-hydrogen) atoms. The first-order chi connectivity index (χ1) is 13.2. The van der Waals surface area contributed by atoms with Gasteiger partial charge in [-0.1, -0.05) is 65.6 Å². The summed E-state index contributed by atoms with van der Waals surface area (Å²) in [5.74, 6) is 0.363. The van der Waals surface area contributed by atoms with Crippen LogP contribution >= 0.6 is 23.1 Å². The van der Waals surface area contributed by atoms with Crippen molar-refractivity contribution in [3.05, 3.63) is 48.0 Å². The van der Waals surface area contributed by atoms with E-state index >= 15 is 0 Å². The molecule has 1 aromatic heterocycles. The lowest BCUT2D eigenvalue weighted by molar-refractivity contribution is -0.119. The average Bonchev–Trinajstić information content (AvgIpc) is 3.37. The highest BCUT2D eigenvalue weighted by molar-refractivity contribution is 8.01. The quantitative estimate of drug-likeness (QED) is 0.629. The molecule has 2 heterocycles. The van der Waals surface area contributed by atoms with E-state index in [1.54, 1.807) is 11.3 Å². The van der Waals surface area contributed by atoms with Crippen LogP contribution in [0.25, 0.3) is 10.8 Å². The Balaban J connectivity index is 1.35. The SMILES string of the molecule is CC(NC(=O)CSc1nnc(N2CCCC2)s1)c1cccc2ccccc12.